The fourth-order valence-electron chi connectivity index (χ4n) is 3.24. The van der Waals surface area contributed by atoms with Crippen molar-refractivity contribution in [3.63, 3.8) is 0 Å². The number of hydrogen-bond acceptors (Lipinski definition) is 6. The number of aromatic hydroxyl groups is 4. The Kier molecular flexibility index (Phi) is 5.55. The summed E-state index contributed by atoms with van der Waals surface area (Å²) in [5.41, 5.74) is 1.92. The summed E-state index contributed by atoms with van der Waals surface area (Å²) in [6, 6.07) is 3.67. The van der Waals surface area contributed by atoms with Crippen LogP contribution in [0.2, 0.25) is 0 Å². The Labute approximate surface area is 167 Å². The molecule has 29 heavy (non-hydrogen) atoms. The second-order valence-electron chi connectivity index (χ2n) is 7.45. The Bertz CT molecular complexity index is 1210. The quantitative estimate of drug-likeness (QED) is 0.274. The molecule has 3 aromatic rings. The van der Waals surface area contributed by atoms with E-state index in [-0.39, 0.29) is 33.4 Å². The van der Waals surface area contributed by atoms with Crippen molar-refractivity contribution in [3.05, 3.63) is 57.3 Å². The zero-order valence-corrected chi connectivity index (χ0v) is 16.6. The molecule has 1 aromatic heterocycles. The molecule has 0 aliphatic rings. The van der Waals surface area contributed by atoms with Crippen LogP contribution in [0.5, 0.6) is 23.0 Å². The van der Waals surface area contributed by atoms with Crippen molar-refractivity contribution in [2.75, 3.05) is 0 Å². The first-order valence-corrected chi connectivity index (χ1v) is 9.34. The molecule has 0 unspecified atom stereocenters. The monoisotopic (exact) mass is 396 g/mol. The number of hydrogen-bond donors (Lipinski definition) is 4. The molecule has 0 aliphatic carbocycles. The predicted molar refractivity (Wildman–Crippen MR) is 113 cm³/mol. The molecule has 6 nitrogen and oxygen atoms in total. The van der Waals surface area contributed by atoms with Gasteiger partial charge in [0.05, 0.1) is 5.39 Å². The molecule has 2 aromatic carbocycles. The van der Waals surface area contributed by atoms with Gasteiger partial charge in [-0.15, -0.1) is 0 Å². The van der Waals surface area contributed by atoms with Gasteiger partial charge in [-0.2, -0.15) is 0 Å². The average molecular weight is 396 g/mol. The van der Waals surface area contributed by atoms with Crippen molar-refractivity contribution in [2.24, 2.45) is 0 Å². The van der Waals surface area contributed by atoms with Gasteiger partial charge in [0.1, 0.15) is 22.5 Å². The topological polar surface area (TPSA) is 111 Å². The van der Waals surface area contributed by atoms with E-state index in [4.69, 9.17) is 4.42 Å². The van der Waals surface area contributed by atoms with E-state index in [9.17, 15) is 25.2 Å². The zero-order valence-electron chi connectivity index (χ0n) is 16.6. The number of allylic oxidation sites excluding steroid dienone is 4. The van der Waals surface area contributed by atoms with E-state index in [1.807, 2.05) is 26.8 Å². The molecule has 0 fully saturated rings. The summed E-state index contributed by atoms with van der Waals surface area (Å²) in [5.74, 6) is -1.61. The summed E-state index contributed by atoms with van der Waals surface area (Å²) < 4.78 is 5.50. The van der Waals surface area contributed by atoms with E-state index in [2.05, 4.69) is 6.08 Å². The van der Waals surface area contributed by atoms with E-state index < -0.39 is 16.9 Å². The van der Waals surface area contributed by atoms with Crippen molar-refractivity contribution in [3.8, 4) is 23.0 Å². The molecule has 6 heteroatoms. The molecule has 0 spiro atoms. The van der Waals surface area contributed by atoms with E-state index >= 15 is 0 Å². The van der Waals surface area contributed by atoms with Gasteiger partial charge in [-0.3, -0.25) is 4.79 Å². The maximum Gasteiger partial charge on any atom is 0.204 e. The molecule has 0 amide bonds. The smallest absolute Gasteiger partial charge is 0.204 e. The van der Waals surface area contributed by atoms with Gasteiger partial charge < -0.3 is 24.8 Å². The largest absolute Gasteiger partial charge is 0.508 e. The van der Waals surface area contributed by atoms with E-state index in [0.717, 1.165) is 24.5 Å². The van der Waals surface area contributed by atoms with Crippen LogP contribution in [0, 0.1) is 0 Å². The van der Waals surface area contributed by atoms with Crippen LogP contribution in [0.1, 0.15) is 39.2 Å². The fourth-order valence-corrected chi connectivity index (χ4v) is 3.24. The van der Waals surface area contributed by atoms with Crippen LogP contribution in [0.4, 0.5) is 0 Å². The maximum atomic E-state index is 12.9. The molecule has 3 rings (SSSR count). The fraction of sp³-hybridized carbons (Fsp3) is 0.261. The first-order valence-electron chi connectivity index (χ1n) is 9.34. The van der Waals surface area contributed by atoms with Gasteiger partial charge in [0.25, 0.3) is 0 Å². The van der Waals surface area contributed by atoms with Crippen LogP contribution in [0.3, 0.4) is 0 Å². The van der Waals surface area contributed by atoms with Crippen LogP contribution in [0.15, 0.2) is 50.7 Å². The lowest BCUT2D eigenvalue weighted by Crippen LogP contribution is -2.03. The Morgan fingerprint density at radius 1 is 1.00 bits per heavy atom. The Hall–Kier alpha value is -3.41. The Morgan fingerprint density at radius 2 is 1.72 bits per heavy atom. The first-order chi connectivity index (χ1) is 13.7. The highest BCUT2D eigenvalue weighted by molar-refractivity contribution is 5.97. The van der Waals surface area contributed by atoms with E-state index in [1.165, 1.54) is 17.7 Å². The average Bonchev–Trinajstić information content (AvgIpc) is 2.63. The van der Waals surface area contributed by atoms with Crippen molar-refractivity contribution >= 4 is 21.9 Å². The van der Waals surface area contributed by atoms with Gasteiger partial charge in [0, 0.05) is 17.7 Å². The lowest BCUT2D eigenvalue weighted by molar-refractivity contribution is 0.398. The summed E-state index contributed by atoms with van der Waals surface area (Å²) in [5, 5.41) is 40.4. The standard InChI is InChI=1S/C23H24O6/c1-12(2)5-4-6-13(3)7-8-14-9-16-21(27)19-17(25)10-15(24)11-18(19)29-23(16)22(28)20(14)26/h5,7,9-11,24-26,28H,4,6,8H2,1-3H3. The maximum absolute atomic E-state index is 12.9. The van der Waals surface area contributed by atoms with Crippen molar-refractivity contribution in [2.45, 2.75) is 40.0 Å². The SMILES string of the molecule is CC(C)=CCCC(C)=CCc1cc2c(=O)c3c(O)cc(O)cc3oc2c(O)c1O. The molecule has 0 bridgehead atoms. The minimum Gasteiger partial charge on any atom is -0.508 e. The molecule has 0 aliphatic heterocycles. The predicted octanol–water partition coefficient (Wildman–Crippen LogP) is 5.00. The molecular weight excluding hydrogens is 372 g/mol. The molecule has 0 atom stereocenters. The van der Waals surface area contributed by atoms with Gasteiger partial charge in [0.15, 0.2) is 11.3 Å². The normalized spacial score (nSPS) is 11.9. The first kappa shape index (κ1) is 20.3. The Balaban J connectivity index is 2.07. The molecule has 4 N–H and O–H groups in total. The third kappa shape index (κ3) is 4.06. The van der Waals surface area contributed by atoms with E-state index in [1.54, 1.807) is 0 Å². The van der Waals surface area contributed by atoms with Gasteiger partial charge in [-0.25, -0.2) is 0 Å². The summed E-state index contributed by atoms with van der Waals surface area (Å²) in [7, 11) is 0. The van der Waals surface area contributed by atoms with Crippen LogP contribution in [-0.4, -0.2) is 20.4 Å². The van der Waals surface area contributed by atoms with Gasteiger partial charge in [0.2, 0.25) is 11.2 Å². The third-order valence-corrected chi connectivity index (χ3v) is 4.82. The van der Waals surface area contributed by atoms with Crippen molar-refractivity contribution in [1.82, 2.24) is 0 Å². The second kappa shape index (κ2) is 7.91. The molecule has 152 valence electrons. The number of phenolic OH excluding ortho intramolecular Hbond substituents is 4. The minimum atomic E-state index is -0.556. The summed E-state index contributed by atoms with van der Waals surface area (Å²) in [4.78, 5) is 12.9. The zero-order chi connectivity index (χ0) is 21.3. The van der Waals surface area contributed by atoms with Gasteiger partial charge >= 0.3 is 0 Å². The summed E-state index contributed by atoms with van der Waals surface area (Å²) in [6.07, 6.45) is 6.21. The summed E-state index contributed by atoms with van der Waals surface area (Å²) >= 11 is 0. The number of rotatable bonds is 5. The molecule has 1 heterocycles. The highest BCUT2D eigenvalue weighted by Gasteiger charge is 2.19. The van der Waals surface area contributed by atoms with Crippen LogP contribution in [0.25, 0.3) is 21.9 Å². The molecule has 0 saturated heterocycles. The molecule has 0 saturated carbocycles. The number of benzene rings is 2. The molecule has 0 radical (unpaired) electrons. The third-order valence-electron chi connectivity index (χ3n) is 4.82. The van der Waals surface area contributed by atoms with Gasteiger partial charge in [-0.1, -0.05) is 23.3 Å². The van der Waals surface area contributed by atoms with Crippen molar-refractivity contribution < 1.29 is 24.8 Å². The lowest BCUT2D eigenvalue weighted by Gasteiger charge is -2.10. The highest BCUT2D eigenvalue weighted by Crippen LogP contribution is 2.39. The Morgan fingerprint density at radius 3 is 2.41 bits per heavy atom. The number of phenols is 4. The second-order valence-corrected chi connectivity index (χ2v) is 7.45. The highest BCUT2D eigenvalue weighted by atomic mass is 16.4. The molecular formula is C23H24O6. The van der Waals surface area contributed by atoms with Crippen LogP contribution in [-0.2, 0) is 6.42 Å². The van der Waals surface area contributed by atoms with Crippen LogP contribution < -0.4 is 5.43 Å². The van der Waals surface area contributed by atoms with E-state index in [0.29, 0.717) is 12.0 Å². The van der Waals surface area contributed by atoms with Gasteiger partial charge in [-0.05, 0) is 46.1 Å². The van der Waals surface area contributed by atoms with Crippen molar-refractivity contribution in [1.29, 1.82) is 0 Å². The lowest BCUT2D eigenvalue weighted by atomic mass is 10.0. The van der Waals surface area contributed by atoms with Crippen LogP contribution >= 0.6 is 0 Å². The minimum absolute atomic E-state index is 0.0411. The number of fused-ring (bicyclic) bond motifs is 2. The summed E-state index contributed by atoms with van der Waals surface area (Å²) in [6.45, 7) is 6.08.